The fraction of sp³-hybridized carbons (Fsp3) is 0.811. The average molecular weight is 735 g/mol. The Morgan fingerprint density at radius 3 is 2.16 bits per heavy atom. The minimum atomic E-state index is -3.40. The number of amides is 5. The van der Waals surface area contributed by atoms with Gasteiger partial charge in [-0.2, -0.15) is 4.31 Å². The fourth-order valence-electron chi connectivity index (χ4n) is 7.95. The summed E-state index contributed by atoms with van der Waals surface area (Å²) in [4.78, 5) is 69.8. The molecule has 51 heavy (non-hydrogen) atoms. The molecular weight excluding hydrogens is 673 g/mol. The van der Waals surface area contributed by atoms with Crippen molar-refractivity contribution in [3.63, 3.8) is 0 Å². The highest BCUT2D eigenvalue weighted by atomic mass is 32.2. The number of Topliss-reactive ketones (excluding diaryl/α,β-unsaturated/α-hetero) is 1. The molecule has 13 nitrogen and oxygen atoms in total. The fourth-order valence-corrected chi connectivity index (χ4v) is 9.58. The van der Waals surface area contributed by atoms with Crippen LogP contribution in [0.3, 0.4) is 0 Å². The van der Waals surface area contributed by atoms with Crippen molar-refractivity contribution in [3.05, 3.63) is 12.7 Å². The van der Waals surface area contributed by atoms with Crippen molar-refractivity contribution in [2.45, 2.75) is 129 Å². The van der Waals surface area contributed by atoms with Gasteiger partial charge in [0.25, 0.3) is 5.91 Å². The number of hydrogen-bond donors (Lipinski definition) is 4. The van der Waals surface area contributed by atoms with E-state index in [0.29, 0.717) is 32.4 Å². The molecule has 0 aromatic carbocycles. The van der Waals surface area contributed by atoms with Crippen LogP contribution >= 0.6 is 0 Å². The molecule has 0 spiro atoms. The van der Waals surface area contributed by atoms with E-state index >= 15 is 0 Å². The van der Waals surface area contributed by atoms with Crippen molar-refractivity contribution in [3.8, 4) is 0 Å². The molecule has 0 aromatic heterocycles. The molecule has 4 rings (SSSR count). The Morgan fingerprint density at radius 2 is 1.57 bits per heavy atom. The van der Waals surface area contributed by atoms with Crippen molar-refractivity contribution in [2.75, 3.05) is 31.9 Å². The normalized spacial score (nSPS) is 24.6. The van der Waals surface area contributed by atoms with Crippen molar-refractivity contribution in [2.24, 2.45) is 29.1 Å². The lowest BCUT2D eigenvalue weighted by Crippen LogP contribution is -2.62. The van der Waals surface area contributed by atoms with Gasteiger partial charge >= 0.3 is 6.03 Å². The molecule has 0 aromatic rings. The molecule has 2 aliphatic heterocycles. The number of carbonyl (C=O) groups is 5. The molecule has 1 unspecified atom stereocenters. The Hall–Kier alpha value is -3.00. The Labute approximate surface area is 304 Å². The predicted molar refractivity (Wildman–Crippen MR) is 196 cm³/mol. The van der Waals surface area contributed by atoms with E-state index in [9.17, 15) is 32.4 Å². The third kappa shape index (κ3) is 11.0. The van der Waals surface area contributed by atoms with Crippen LogP contribution < -0.4 is 21.3 Å². The minimum absolute atomic E-state index is 0.0404. The van der Waals surface area contributed by atoms with Gasteiger partial charge in [0.2, 0.25) is 27.6 Å². The Morgan fingerprint density at radius 1 is 0.882 bits per heavy atom. The van der Waals surface area contributed by atoms with Crippen LogP contribution in [0.1, 0.15) is 105 Å². The van der Waals surface area contributed by atoms with Crippen LogP contribution in [0.4, 0.5) is 4.79 Å². The number of likely N-dealkylation sites (tertiary alicyclic amines) is 1. The summed E-state index contributed by atoms with van der Waals surface area (Å²) in [6.45, 7) is 14.2. The van der Waals surface area contributed by atoms with Gasteiger partial charge in [0.1, 0.15) is 12.1 Å². The molecule has 2 saturated heterocycles. The monoisotopic (exact) mass is 734 g/mol. The van der Waals surface area contributed by atoms with Gasteiger partial charge < -0.3 is 26.2 Å². The van der Waals surface area contributed by atoms with E-state index in [1.807, 2.05) is 34.6 Å². The maximum Gasteiger partial charge on any atom is 0.315 e. The summed E-state index contributed by atoms with van der Waals surface area (Å²) in [5.41, 5.74) is -0.740. The third-order valence-electron chi connectivity index (χ3n) is 11.2. The maximum absolute atomic E-state index is 14.5. The lowest BCUT2D eigenvalue weighted by molar-refractivity contribution is -0.144. The minimum Gasteiger partial charge on any atom is -0.346 e. The van der Waals surface area contributed by atoms with Crippen LogP contribution in [-0.4, -0.2) is 103 Å². The van der Waals surface area contributed by atoms with Crippen molar-refractivity contribution >= 4 is 39.6 Å². The molecule has 2 heterocycles. The summed E-state index contributed by atoms with van der Waals surface area (Å²) in [5, 5.41) is 11.4. The second-order valence-electron chi connectivity index (χ2n) is 16.6. The summed E-state index contributed by atoms with van der Waals surface area (Å²) in [6.07, 6.45) is 10.6. The molecule has 0 radical (unpaired) electrons. The number of rotatable bonds is 15. The number of carbonyl (C=O) groups excluding carboxylic acids is 5. The Balaban J connectivity index is 1.53. The summed E-state index contributed by atoms with van der Waals surface area (Å²) < 4.78 is 27.3. The lowest BCUT2D eigenvalue weighted by Gasteiger charge is -2.38. The van der Waals surface area contributed by atoms with Gasteiger partial charge in [-0.3, -0.25) is 19.2 Å². The molecule has 14 heteroatoms. The molecule has 0 bridgehead atoms. The van der Waals surface area contributed by atoms with Gasteiger partial charge in [0.05, 0.1) is 11.8 Å². The van der Waals surface area contributed by atoms with Crippen molar-refractivity contribution < 1.29 is 32.4 Å². The van der Waals surface area contributed by atoms with Gasteiger partial charge in [0.15, 0.2) is 0 Å². The molecule has 5 amide bonds. The zero-order valence-corrected chi connectivity index (χ0v) is 32.2. The van der Waals surface area contributed by atoms with E-state index in [4.69, 9.17) is 0 Å². The van der Waals surface area contributed by atoms with Crippen LogP contribution in [0.25, 0.3) is 0 Å². The SMILES string of the molecule is C=CCNC(=O)C(=O)C(CC1CC1)NC(=O)[C@@H]1[C@@H](C(C)C)CCN1C(=O)[C@@H](NC(=O)N[C@H](CN1CCCCS1(=O)=O)C1CCCCC1)C(C)(C)C. The van der Waals surface area contributed by atoms with Crippen LogP contribution in [0.2, 0.25) is 0 Å². The van der Waals surface area contributed by atoms with Gasteiger partial charge in [-0.25, -0.2) is 13.2 Å². The molecule has 4 N–H and O–H groups in total. The van der Waals surface area contributed by atoms with E-state index in [-0.39, 0.29) is 42.5 Å². The zero-order valence-electron chi connectivity index (χ0n) is 31.4. The average Bonchev–Trinajstić information content (AvgIpc) is 3.78. The van der Waals surface area contributed by atoms with Gasteiger partial charge in [0, 0.05) is 32.2 Å². The highest BCUT2D eigenvalue weighted by Crippen LogP contribution is 2.36. The molecule has 4 fully saturated rings. The first-order valence-corrected chi connectivity index (χ1v) is 20.7. The first-order chi connectivity index (χ1) is 24.0. The summed E-state index contributed by atoms with van der Waals surface area (Å²) in [6, 6.07) is -3.86. The first-order valence-electron chi connectivity index (χ1n) is 19.1. The standard InChI is InChI=1S/C37H62N6O7S/c1-7-18-38-34(46)31(44)28(22-25-15-16-25)39-33(45)30-27(24(2)3)17-20-43(30)35(47)32(37(4,5)6)41-36(48)40-29(26-13-9-8-10-14-26)23-42-19-11-12-21-51(42,49)50/h7,24-30,32H,1,8-23H2,2-6H3,(H,38,46)(H,39,45)(H2,40,41,48)/t27-,28?,29-,30+,32-/m1/s1. The number of ketones is 1. The van der Waals surface area contributed by atoms with Crippen LogP contribution in [0.5, 0.6) is 0 Å². The quantitative estimate of drug-likeness (QED) is 0.148. The van der Waals surface area contributed by atoms with Crippen LogP contribution in [0.15, 0.2) is 12.7 Å². The Bertz CT molecular complexity index is 1390. The number of urea groups is 1. The lowest BCUT2D eigenvalue weighted by atomic mass is 9.83. The van der Waals surface area contributed by atoms with Gasteiger partial charge in [-0.1, -0.05) is 72.8 Å². The second-order valence-corrected chi connectivity index (χ2v) is 18.7. The molecule has 5 atom stereocenters. The van der Waals surface area contributed by atoms with Gasteiger partial charge in [-0.15, -0.1) is 6.58 Å². The predicted octanol–water partition coefficient (Wildman–Crippen LogP) is 3.10. The maximum atomic E-state index is 14.5. The largest absolute Gasteiger partial charge is 0.346 e. The second kappa shape index (κ2) is 17.7. The highest BCUT2D eigenvalue weighted by Gasteiger charge is 2.48. The number of nitrogens with zero attached hydrogens (tertiary/aromatic N) is 2. The molecular formula is C37H62N6O7S. The van der Waals surface area contributed by atoms with Crippen LogP contribution in [0, 0.1) is 29.1 Å². The molecule has 2 saturated carbocycles. The third-order valence-corrected chi connectivity index (χ3v) is 13.1. The van der Waals surface area contributed by atoms with E-state index in [0.717, 1.165) is 51.4 Å². The Kier molecular flexibility index (Phi) is 14.1. The number of nitrogens with one attached hydrogen (secondary N) is 4. The van der Waals surface area contributed by atoms with E-state index in [1.54, 1.807) is 0 Å². The van der Waals surface area contributed by atoms with Gasteiger partial charge in [-0.05, 0) is 67.6 Å². The first kappa shape index (κ1) is 40.8. The van der Waals surface area contributed by atoms with Crippen molar-refractivity contribution in [1.29, 1.82) is 0 Å². The number of hydrogen-bond acceptors (Lipinski definition) is 7. The van der Waals surface area contributed by atoms with E-state index in [1.165, 1.54) is 15.3 Å². The molecule has 288 valence electrons. The summed E-state index contributed by atoms with van der Waals surface area (Å²) in [5.74, 6) is -2.07. The topological polar surface area (TPSA) is 174 Å². The van der Waals surface area contributed by atoms with E-state index < -0.39 is 69.1 Å². The van der Waals surface area contributed by atoms with Crippen LogP contribution in [-0.2, 0) is 29.2 Å². The summed E-state index contributed by atoms with van der Waals surface area (Å²) in [7, 11) is -3.40. The molecule has 4 aliphatic rings. The zero-order chi connectivity index (χ0) is 37.5. The summed E-state index contributed by atoms with van der Waals surface area (Å²) >= 11 is 0. The highest BCUT2D eigenvalue weighted by molar-refractivity contribution is 7.89. The smallest absolute Gasteiger partial charge is 0.315 e. The molecule has 2 aliphatic carbocycles. The number of sulfonamides is 1. The van der Waals surface area contributed by atoms with E-state index in [2.05, 4.69) is 27.8 Å². The van der Waals surface area contributed by atoms with Crippen molar-refractivity contribution in [1.82, 2.24) is 30.5 Å².